The predicted octanol–water partition coefficient (Wildman–Crippen LogP) is 3.61. The lowest BCUT2D eigenvalue weighted by Gasteiger charge is -2.23. The van der Waals surface area contributed by atoms with Crippen molar-refractivity contribution < 1.29 is 9.21 Å². The molecule has 3 aromatic rings. The average Bonchev–Trinajstić information content (AvgIpc) is 3.07. The number of pyridine rings is 1. The number of fused-ring (bicyclic) bond motifs is 1. The highest BCUT2D eigenvalue weighted by atomic mass is 16.3. The smallest absolute Gasteiger partial charge is 0.253 e. The quantitative estimate of drug-likeness (QED) is 0.773. The molecule has 0 aliphatic heterocycles. The Morgan fingerprint density at radius 1 is 1.20 bits per heavy atom. The first-order valence-electron chi connectivity index (χ1n) is 8.38. The first-order valence-corrected chi connectivity index (χ1v) is 8.38. The van der Waals surface area contributed by atoms with Crippen LogP contribution in [0.25, 0.3) is 10.9 Å². The fourth-order valence-electron chi connectivity index (χ4n) is 2.86. The summed E-state index contributed by atoms with van der Waals surface area (Å²) in [6.07, 6.45) is 1.58. The molecule has 0 fully saturated rings. The van der Waals surface area contributed by atoms with Crippen molar-refractivity contribution in [2.24, 2.45) is 5.92 Å². The van der Waals surface area contributed by atoms with Gasteiger partial charge in [0, 0.05) is 17.0 Å². The van der Waals surface area contributed by atoms with Gasteiger partial charge in [-0.2, -0.15) is 0 Å². The minimum atomic E-state index is -0.169. The number of furan rings is 1. The van der Waals surface area contributed by atoms with Crippen molar-refractivity contribution in [2.75, 3.05) is 0 Å². The maximum Gasteiger partial charge on any atom is 0.253 e. The van der Waals surface area contributed by atoms with Gasteiger partial charge in [0.25, 0.3) is 5.56 Å². The van der Waals surface area contributed by atoms with E-state index in [1.165, 1.54) is 0 Å². The number of hydrogen-bond acceptors (Lipinski definition) is 3. The van der Waals surface area contributed by atoms with Crippen LogP contribution in [-0.2, 0) is 17.9 Å². The van der Waals surface area contributed by atoms with Crippen molar-refractivity contribution in [3.05, 3.63) is 69.9 Å². The number of rotatable bonds is 5. The predicted molar refractivity (Wildman–Crippen MR) is 97.1 cm³/mol. The zero-order chi connectivity index (χ0) is 18.0. The van der Waals surface area contributed by atoms with E-state index < -0.39 is 0 Å². The van der Waals surface area contributed by atoms with Crippen molar-refractivity contribution in [3.8, 4) is 0 Å². The molecule has 0 unspecified atom stereocenters. The zero-order valence-electron chi connectivity index (χ0n) is 14.7. The second-order valence-corrected chi connectivity index (χ2v) is 6.64. The van der Waals surface area contributed by atoms with E-state index >= 15 is 0 Å². The molecule has 0 radical (unpaired) electrons. The number of hydrogen-bond donors (Lipinski definition) is 1. The average molecular weight is 338 g/mol. The van der Waals surface area contributed by atoms with Crippen LogP contribution in [0.5, 0.6) is 0 Å². The lowest BCUT2D eigenvalue weighted by atomic mass is 10.1. The molecule has 2 heterocycles. The van der Waals surface area contributed by atoms with Crippen molar-refractivity contribution in [1.82, 2.24) is 9.88 Å². The molecule has 5 nitrogen and oxygen atoms in total. The van der Waals surface area contributed by atoms with Crippen molar-refractivity contribution in [2.45, 2.75) is 33.9 Å². The summed E-state index contributed by atoms with van der Waals surface area (Å²) in [7, 11) is 0. The van der Waals surface area contributed by atoms with Crippen LogP contribution >= 0.6 is 0 Å². The van der Waals surface area contributed by atoms with Gasteiger partial charge in [-0.15, -0.1) is 0 Å². The Kier molecular flexibility index (Phi) is 4.74. The minimum absolute atomic E-state index is 0.0138. The first-order chi connectivity index (χ1) is 11.9. The second-order valence-electron chi connectivity index (χ2n) is 6.64. The number of nitrogens with one attached hydrogen (secondary N) is 1. The van der Waals surface area contributed by atoms with Crippen molar-refractivity contribution >= 4 is 16.8 Å². The van der Waals surface area contributed by atoms with E-state index in [0.29, 0.717) is 17.9 Å². The largest absolute Gasteiger partial charge is 0.467 e. The Bertz CT molecular complexity index is 939. The molecule has 1 aromatic carbocycles. The minimum Gasteiger partial charge on any atom is -0.467 e. The number of benzene rings is 1. The molecule has 0 saturated carbocycles. The number of carbonyl (C=O) groups excluding carboxylic acids is 1. The van der Waals surface area contributed by atoms with E-state index in [-0.39, 0.29) is 23.9 Å². The highest BCUT2D eigenvalue weighted by Crippen LogP contribution is 2.16. The van der Waals surface area contributed by atoms with Gasteiger partial charge in [0.2, 0.25) is 5.91 Å². The van der Waals surface area contributed by atoms with Crippen LogP contribution in [0.3, 0.4) is 0 Å². The number of amides is 1. The molecule has 0 atom stereocenters. The van der Waals surface area contributed by atoms with E-state index in [2.05, 4.69) is 4.98 Å². The summed E-state index contributed by atoms with van der Waals surface area (Å²) in [4.78, 5) is 29.6. The zero-order valence-corrected chi connectivity index (χ0v) is 14.7. The van der Waals surface area contributed by atoms with Gasteiger partial charge in [0.15, 0.2) is 0 Å². The van der Waals surface area contributed by atoms with Gasteiger partial charge >= 0.3 is 0 Å². The summed E-state index contributed by atoms with van der Waals surface area (Å²) in [5, 5.41) is 0.963. The van der Waals surface area contributed by atoms with Crippen LogP contribution in [0.15, 0.2) is 51.9 Å². The molecular formula is C20H22N2O3. The van der Waals surface area contributed by atoms with E-state index in [9.17, 15) is 9.59 Å². The SMILES string of the molecule is Cc1ccc2[nH]c(=O)c(CN(Cc3ccco3)C(=O)C(C)C)cc2c1. The Labute approximate surface area is 146 Å². The molecule has 0 bridgehead atoms. The Balaban J connectivity index is 1.95. The summed E-state index contributed by atoms with van der Waals surface area (Å²) in [5.41, 5.74) is 2.32. The second kappa shape index (κ2) is 6.97. The van der Waals surface area contributed by atoms with E-state index in [1.54, 1.807) is 17.2 Å². The fraction of sp³-hybridized carbons (Fsp3) is 0.300. The van der Waals surface area contributed by atoms with Crippen LogP contribution in [-0.4, -0.2) is 15.8 Å². The monoisotopic (exact) mass is 338 g/mol. The van der Waals surface area contributed by atoms with E-state index in [4.69, 9.17) is 4.42 Å². The van der Waals surface area contributed by atoms with Crippen LogP contribution in [0.1, 0.15) is 30.7 Å². The third-order valence-corrected chi connectivity index (χ3v) is 4.17. The third kappa shape index (κ3) is 3.82. The molecule has 2 aromatic heterocycles. The maximum atomic E-state index is 12.6. The molecule has 3 rings (SSSR count). The fourth-order valence-corrected chi connectivity index (χ4v) is 2.86. The molecule has 1 N–H and O–H groups in total. The van der Waals surface area contributed by atoms with Gasteiger partial charge < -0.3 is 14.3 Å². The van der Waals surface area contributed by atoms with Gasteiger partial charge in [0.1, 0.15) is 5.76 Å². The first kappa shape index (κ1) is 17.0. The highest BCUT2D eigenvalue weighted by molar-refractivity contribution is 5.80. The Morgan fingerprint density at radius 3 is 2.68 bits per heavy atom. The lowest BCUT2D eigenvalue weighted by Crippen LogP contribution is -2.35. The maximum absolute atomic E-state index is 12.6. The number of carbonyl (C=O) groups is 1. The Morgan fingerprint density at radius 2 is 2.00 bits per heavy atom. The lowest BCUT2D eigenvalue weighted by molar-refractivity contribution is -0.136. The molecule has 1 amide bonds. The van der Waals surface area contributed by atoms with E-state index in [1.807, 2.05) is 51.1 Å². The highest BCUT2D eigenvalue weighted by Gasteiger charge is 2.20. The van der Waals surface area contributed by atoms with Gasteiger partial charge in [0.05, 0.1) is 19.4 Å². The summed E-state index contributed by atoms with van der Waals surface area (Å²) in [6.45, 7) is 6.30. The molecule has 0 saturated heterocycles. The topological polar surface area (TPSA) is 66.3 Å². The van der Waals surface area contributed by atoms with Gasteiger partial charge in [-0.05, 0) is 42.6 Å². The normalized spacial score (nSPS) is 11.2. The summed E-state index contributed by atoms with van der Waals surface area (Å²) < 4.78 is 5.37. The van der Waals surface area contributed by atoms with Gasteiger partial charge in [-0.1, -0.05) is 25.5 Å². The number of aromatic amines is 1. The summed E-state index contributed by atoms with van der Waals surface area (Å²) >= 11 is 0. The number of aromatic nitrogens is 1. The summed E-state index contributed by atoms with van der Waals surface area (Å²) in [5.74, 6) is 0.527. The number of H-pyrrole nitrogens is 1. The molecular weight excluding hydrogens is 316 g/mol. The van der Waals surface area contributed by atoms with Crippen molar-refractivity contribution in [1.29, 1.82) is 0 Å². The van der Waals surface area contributed by atoms with Crippen LogP contribution in [0.4, 0.5) is 0 Å². The van der Waals surface area contributed by atoms with E-state index in [0.717, 1.165) is 16.5 Å². The van der Waals surface area contributed by atoms with Gasteiger partial charge in [-0.3, -0.25) is 9.59 Å². The molecule has 25 heavy (non-hydrogen) atoms. The Hall–Kier alpha value is -2.82. The molecule has 5 heteroatoms. The van der Waals surface area contributed by atoms with Crippen LogP contribution in [0, 0.1) is 12.8 Å². The standard InChI is InChI=1S/C20H22N2O3/c1-13(2)20(24)22(12-17-5-4-8-25-17)11-16-10-15-9-14(3)6-7-18(15)21-19(16)23/h4-10,13H,11-12H2,1-3H3,(H,21,23). The number of aryl methyl sites for hydroxylation is 1. The van der Waals surface area contributed by atoms with Crippen LogP contribution < -0.4 is 5.56 Å². The molecule has 0 spiro atoms. The molecule has 0 aliphatic rings. The molecule has 130 valence electrons. The van der Waals surface area contributed by atoms with Crippen LogP contribution in [0.2, 0.25) is 0 Å². The number of nitrogens with zero attached hydrogens (tertiary/aromatic N) is 1. The molecule has 0 aliphatic carbocycles. The van der Waals surface area contributed by atoms with Crippen molar-refractivity contribution in [3.63, 3.8) is 0 Å². The summed E-state index contributed by atoms with van der Waals surface area (Å²) in [6, 6.07) is 11.4. The third-order valence-electron chi connectivity index (χ3n) is 4.17. The van der Waals surface area contributed by atoms with Gasteiger partial charge in [-0.25, -0.2) is 0 Å².